The molecule has 0 aliphatic rings. The number of aliphatic carboxylic acids is 1. The van der Waals surface area contributed by atoms with E-state index in [1.54, 1.807) is 6.92 Å². The Morgan fingerprint density at radius 2 is 1.91 bits per heavy atom. The summed E-state index contributed by atoms with van der Waals surface area (Å²) in [5.74, 6) is -2.48. The van der Waals surface area contributed by atoms with Crippen molar-refractivity contribution < 1.29 is 47.9 Å². The van der Waals surface area contributed by atoms with Gasteiger partial charge in [-0.3, -0.25) is 0 Å². The Balaban J connectivity index is 0. The van der Waals surface area contributed by atoms with Crippen LogP contribution in [-0.2, 0) is 14.6 Å². The van der Waals surface area contributed by atoms with Crippen LogP contribution in [0, 0.1) is 0 Å². The SMILES string of the molecule is CCCS(=O)(=O)CC(=O)[O-].[Na+]. The minimum absolute atomic E-state index is 0. The van der Waals surface area contributed by atoms with Crippen LogP contribution in [0.5, 0.6) is 0 Å². The zero-order valence-corrected chi connectivity index (χ0v) is 9.48. The van der Waals surface area contributed by atoms with Gasteiger partial charge in [0.05, 0.1) is 17.5 Å². The van der Waals surface area contributed by atoms with Gasteiger partial charge < -0.3 is 9.90 Å². The minimum Gasteiger partial charge on any atom is -0.549 e. The minimum atomic E-state index is -3.39. The van der Waals surface area contributed by atoms with Gasteiger partial charge >= 0.3 is 29.6 Å². The molecule has 0 fully saturated rings. The van der Waals surface area contributed by atoms with E-state index in [2.05, 4.69) is 0 Å². The molecule has 0 N–H and O–H groups in total. The molecule has 0 bridgehead atoms. The van der Waals surface area contributed by atoms with Crippen LogP contribution in [0.2, 0.25) is 0 Å². The Kier molecular flexibility index (Phi) is 7.61. The van der Waals surface area contributed by atoms with Crippen LogP contribution in [0.25, 0.3) is 0 Å². The quantitative estimate of drug-likeness (QED) is 0.417. The van der Waals surface area contributed by atoms with Gasteiger partial charge in [-0.1, -0.05) is 6.92 Å². The van der Waals surface area contributed by atoms with E-state index in [1.165, 1.54) is 0 Å². The van der Waals surface area contributed by atoms with Crippen LogP contribution >= 0.6 is 0 Å². The number of hydrogen-bond acceptors (Lipinski definition) is 4. The van der Waals surface area contributed by atoms with Crippen LogP contribution in [0.1, 0.15) is 13.3 Å². The summed E-state index contributed by atoms with van der Waals surface area (Å²) >= 11 is 0. The molecule has 4 nitrogen and oxygen atoms in total. The van der Waals surface area contributed by atoms with E-state index in [-0.39, 0.29) is 35.3 Å². The first-order valence-corrected chi connectivity index (χ1v) is 4.70. The molecule has 0 amide bonds. The van der Waals surface area contributed by atoms with Crippen molar-refractivity contribution in [1.29, 1.82) is 0 Å². The summed E-state index contributed by atoms with van der Waals surface area (Å²) in [5, 5.41) is 9.80. The summed E-state index contributed by atoms with van der Waals surface area (Å²) in [6.07, 6.45) is 0.440. The molecule has 0 unspecified atom stereocenters. The predicted octanol–water partition coefficient (Wildman–Crippen LogP) is -4.43. The van der Waals surface area contributed by atoms with Crippen molar-refractivity contribution >= 4 is 15.8 Å². The maximum absolute atomic E-state index is 10.6. The average Bonchev–Trinajstić information content (AvgIpc) is 1.59. The summed E-state index contributed by atoms with van der Waals surface area (Å²) in [7, 11) is -3.39. The van der Waals surface area contributed by atoms with E-state index >= 15 is 0 Å². The van der Waals surface area contributed by atoms with Crippen molar-refractivity contribution in [2.45, 2.75) is 13.3 Å². The number of carbonyl (C=O) groups excluding carboxylic acids is 1. The average molecular weight is 188 g/mol. The van der Waals surface area contributed by atoms with Crippen LogP contribution in [0.3, 0.4) is 0 Å². The summed E-state index contributed by atoms with van der Waals surface area (Å²) in [6.45, 7) is 1.67. The van der Waals surface area contributed by atoms with Crippen LogP contribution < -0.4 is 34.7 Å². The molecule has 0 aliphatic carbocycles. The second-order valence-electron chi connectivity index (χ2n) is 1.96. The molecular formula is C5H9NaO4S. The largest absolute Gasteiger partial charge is 1.00 e. The van der Waals surface area contributed by atoms with Crippen molar-refractivity contribution in [3.63, 3.8) is 0 Å². The summed E-state index contributed by atoms with van der Waals surface area (Å²) in [5.41, 5.74) is 0. The second-order valence-corrected chi connectivity index (χ2v) is 4.15. The molecule has 0 heterocycles. The van der Waals surface area contributed by atoms with Gasteiger partial charge in [-0.15, -0.1) is 0 Å². The van der Waals surface area contributed by atoms with Gasteiger partial charge in [-0.25, -0.2) is 8.42 Å². The van der Waals surface area contributed by atoms with Crippen molar-refractivity contribution in [1.82, 2.24) is 0 Å². The Hall–Kier alpha value is 0.420. The number of carbonyl (C=O) groups is 1. The fourth-order valence-corrected chi connectivity index (χ4v) is 1.69. The van der Waals surface area contributed by atoms with Crippen LogP contribution in [0.4, 0.5) is 0 Å². The molecule has 0 radical (unpaired) electrons. The second kappa shape index (κ2) is 5.99. The molecule has 0 aliphatic heterocycles. The maximum atomic E-state index is 10.6. The Morgan fingerprint density at radius 1 is 1.45 bits per heavy atom. The van der Waals surface area contributed by atoms with E-state index in [0.29, 0.717) is 6.42 Å². The van der Waals surface area contributed by atoms with Gasteiger partial charge in [0.1, 0.15) is 0 Å². The van der Waals surface area contributed by atoms with Crippen molar-refractivity contribution in [2.75, 3.05) is 11.5 Å². The Bertz CT molecular complexity index is 209. The standard InChI is InChI=1S/C5H10O4S.Na/c1-2-3-10(8,9)4-5(6)7;/h2-4H2,1H3,(H,6,7);/q;+1/p-1. The smallest absolute Gasteiger partial charge is 0.549 e. The molecule has 6 heteroatoms. The molecule has 0 aromatic heterocycles. The number of sulfone groups is 1. The van der Waals surface area contributed by atoms with Crippen LogP contribution in [0.15, 0.2) is 0 Å². The third-order valence-electron chi connectivity index (χ3n) is 0.853. The summed E-state index contributed by atoms with van der Waals surface area (Å²) < 4.78 is 21.2. The molecule has 0 aromatic carbocycles. The zero-order valence-electron chi connectivity index (χ0n) is 6.66. The zero-order chi connectivity index (χ0) is 8.20. The van der Waals surface area contributed by atoms with Gasteiger partial charge in [0, 0.05) is 0 Å². The molecule has 0 spiro atoms. The van der Waals surface area contributed by atoms with Crippen molar-refractivity contribution in [3.8, 4) is 0 Å². The first-order chi connectivity index (χ1) is 4.48. The number of rotatable bonds is 4. The first-order valence-electron chi connectivity index (χ1n) is 2.88. The van der Waals surface area contributed by atoms with Crippen molar-refractivity contribution in [2.24, 2.45) is 0 Å². The van der Waals surface area contributed by atoms with E-state index in [9.17, 15) is 18.3 Å². The van der Waals surface area contributed by atoms with Crippen LogP contribution in [-0.4, -0.2) is 25.9 Å². The molecule has 0 aromatic rings. The van der Waals surface area contributed by atoms with E-state index in [4.69, 9.17) is 0 Å². The molecular weight excluding hydrogens is 179 g/mol. The number of hydrogen-bond donors (Lipinski definition) is 0. The Morgan fingerprint density at radius 3 is 2.18 bits per heavy atom. The van der Waals surface area contributed by atoms with Gasteiger partial charge in [0.15, 0.2) is 9.84 Å². The molecule has 11 heavy (non-hydrogen) atoms. The van der Waals surface area contributed by atoms with Gasteiger partial charge in [0.25, 0.3) is 0 Å². The van der Waals surface area contributed by atoms with Gasteiger partial charge in [-0.05, 0) is 6.42 Å². The first kappa shape index (κ1) is 14.0. The molecule has 60 valence electrons. The molecule has 0 saturated carbocycles. The number of carboxylic acids is 1. The predicted molar refractivity (Wildman–Crippen MR) is 34.0 cm³/mol. The van der Waals surface area contributed by atoms with Gasteiger partial charge in [0.2, 0.25) is 0 Å². The number of carboxylic acid groups (broad SMARTS) is 1. The monoisotopic (exact) mass is 188 g/mol. The summed E-state index contributed by atoms with van der Waals surface area (Å²) in [4.78, 5) is 9.80. The normalized spacial score (nSPS) is 10.3. The third kappa shape index (κ3) is 8.33. The van der Waals surface area contributed by atoms with Gasteiger partial charge in [-0.2, -0.15) is 0 Å². The summed E-state index contributed by atoms with van der Waals surface area (Å²) in [6, 6.07) is 0. The molecule has 0 rings (SSSR count). The molecule has 0 saturated heterocycles. The molecule has 0 atom stereocenters. The van der Waals surface area contributed by atoms with E-state index in [0.717, 1.165) is 0 Å². The maximum Gasteiger partial charge on any atom is 1.00 e. The fourth-order valence-electron chi connectivity index (χ4n) is 0.563. The fraction of sp³-hybridized carbons (Fsp3) is 0.800. The van der Waals surface area contributed by atoms with Crippen molar-refractivity contribution in [3.05, 3.63) is 0 Å². The van der Waals surface area contributed by atoms with E-state index < -0.39 is 21.6 Å². The topological polar surface area (TPSA) is 74.3 Å². The third-order valence-corrected chi connectivity index (χ3v) is 2.56. The van der Waals surface area contributed by atoms with E-state index in [1.807, 2.05) is 0 Å². The Labute approximate surface area is 88.2 Å².